The lowest BCUT2D eigenvalue weighted by molar-refractivity contribution is 0.0654. The second kappa shape index (κ2) is 8.56. The summed E-state index contributed by atoms with van der Waals surface area (Å²) in [5.74, 6) is 1.05. The van der Waals surface area contributed by atoms with Crippen molar-refractivity contribution in [1.29, 1.82) is 0 Å². The maximum absolute atomic E-state index is 12.8. The Morgan fingerprint density at radius 1 is 1.38 bits per heavy atom. The smallest absolute Gasteiger partial charge is 0.274 e. The first-order valence-electron chi connectivity index (χ1n) is 8.75. The Balaban J connectivity index is 0.00000243. The van der Waals surface area contributed by atoms with Gasteiger partial charge in [0.25, 0.3) is 5.91 Å². The number of nitrogens with zero attached hydrogens (tertiary/aromatic N) is 3. The van der Waals surface area contributed by atoms with E-state index < -0.39 is 0 Å². The maximum atomic E-state index is 12.8. The quantitative estimate of drug-likeness (QED) is 0.887. The number of rotatable bonds is 4. The Hall–Kier alpha value is -2.05. The highest BCUT2D eigenvalue weighted by atomic mass is 35.5. The van der Waals surface area contributed by atoms with E-state index in [4.69, 9.17) is 10.5 Å². The van der Waals surface area contributed by atoms with Gasteiger partial charge in [-0.3, -0.25) is 4.79 Å². The molecular formula is C19H27ClN4O2. The van der Waals surface area contributed by atoms with E-state index in [1.165, 1.54) is 0 Å². The van der Waals surface area contributed by atoms with E-state index in [2.05, 4.69) is 5.10 Å². The predicted molar refractivity (Wildman–Crippen MR) is 104 cm³/mol. The Labute approximate surface area is 160 Å². The van der Waals surface area contributed by atoms with Gasteiger partial charge in [0.2, 0.25) is 0 Å². The summed E-state index contributed by atoms with van der Waals surface area (Å²) in [6.45, 7) is 5.50. The number of amides is 1. The number of hydrogen-bond acceptors (Lipinski definition) is 4. The fraction of sp³-hybridized carbons (Fsp3) is 0.474. The number of piperidine rings is 1. The van der Waals surface area contributed by atoms with Crippen molar-refractivity contribution < 1.29 is 9.53 Å². The van der Waals surface area contributed by atoms with Crippen molar-refractivity contribution in [3.63, 3.8) is 0 Å². The molecule has 0 bridgehead atoms. The zero-order valence-electron chi connectivity index (χ0n) is 15.5. The van der Waals surface area contributed by atoms with E-state index in [1.807, 2.05) is 36.9 Å². The molecule has 142 valence electrons. The van der Waals surface area contributed by atoms with Crippen LogP contribution < -0.4 is 10.5 Å². The lowest BCUT2D eigenvalue weighted by Gasteiger charge is -2.34. The molecule has 0 spiro atoms. The summed E-state index contributed by atoms with van der Waals surface area (Å²) in [6, 6.07) is 7.75. The predicted octanol–water partition coefficient (Wildman–Crippen LogP) is 2.81. The summed E-state index contributed by atoms with van der Waals surface area (Å²) >= 11 is 0. The summed E-state index contributed by atoms with van der Waals surface area (Å²) in [6.07, 6.45) is 3.87. The third-order valence-corrected chi connectivity index (χ3v) is 4.88. The van der Waals surface area contributed by atoms with Crippen LogP contribution in [0.4, 0.5) is 0 Å². The molecule has 2 aromatic rings. The average molecular weight is 379 g/mol. The fourth-order valence-corrected chi connectivity index (χ4v) is 3.34. The van der Waals surface area contributed by atoms with Crippen molar-refractivity contribution in [3.05, 3.63) is 41.7 Å². The van der Waals surface area contributed by atoms with E-state index in [0.717, 1.165) is 36.4 Å². The molecule has 2 heterocycles. The highest BCUT2D eigenvalue weighted by Gasteiger charge is 2.27. The number of hydrogen-bond donors (Lipinski definition) is 1. The van der Waals surface area contributed by atoms with Crippen LogP contribution in [0.15, 0.2) is 30.5 Å². The Bertz CT molecular complexity index is 760. The number of ether oxygens (including phenoxy) is 1. The number of benzene rings is 1. The summed E-state index contributed by atoms with van der Waals surface area (Å²) < 4.78 is 7.11. The molecule has 1 aromatic heterocycles. The first-order chi connectivity index (χ1) is 12.0. The molecule has 1 aromatic carbocycles. The number of aryl methyl sites for hydroxylation is 1. The van der Waals surface area contributed by atoms with Crippen molar-refractivity contribution in [3.8, 4) is 11.4 Å². The van der Waals surface area contributed by atoms with Gasteiger partial charge < -0.3 is 15.4 Å². The third kappa shape index (κ3) is 4.19. The maximum Gasteiger partial charge on any atom is 0.274 e. The molecule has 7 heteroatoms. The normalized spacial score (nSPS) is 18.2. The van der Waals surface area contributed by atoms with E-state index in [0.29, 0.717) is 18.2 Å². The lowest BCUT2D eigenvalue weighted by Crippen LogP contribution is -2.45. The molecule has 2 N–H and O–H groups in total. The highest BCUT2D eigenvalue weighted by Crippen LogP contribution is 2.24. The van der Waals surface area contributed by atoms with Crippen LogP contribution in [0.3, 0.4) is 0 Å². The zero-order valence-corrected chi connectivity index (χ0v) is 16.3. The minimum Gasteiger partial charge on any atom is -0.494 e. The number of methoxy groups -OCH3 is 1. The van der Waals surface area contributed by atoms with Gasteiger partial charge >= 0.3 is 0 Å². The van der Waals surface area contributed by atoms with Crippen LogP contribution in [0, 0.1) is 12.8 Å². The van der Waals surface area contributed by atoms with Gasteiger partial charge in [0.15, 0.2) is 5.69 Å². The Morgan fingerprint density at radius 3 is 2.85 bits per heavy atom. The van der Waals surface area contributed by atoms with Gasteiger partial charge in [-0.05, 0) is 56.4 Å². The van der Waals surface area contributed by atoms with Crippen molar-refractivity contribution in [1.82, 2.24) is 14.7 Å². The van der Waals surface area contributed by atoms with Gasteiger partial charge in [-0.25, -0.2) is 4.68 Å². The molecule has 2 unspecified atom stereocenters. The van der Waals surface area contributed by atoms with Gasteiger partial charge in [0, 0.05) is 25.3 Å². The summed E-state index contributed by atoms with van der Waals surface area (Å²) in [5.41, 5.74) is 8.41. The molecular weight excluding hydrogens is 352 g/mol. The summed E-state index contributed by atoms with van der Waals surface area (Å²) in [7, 11) is 1.63. The SMILES string of the molecule is COc1ccc(C)cc1-n1ccc(C(=O)N2CCCC(C(C)N)C2)n1.Cl. The molecule has 1 fully saturated rings. The standard InChI is InChI=1S/C19H26N4O2.ClH/c1-13-6-7-18(25-3)17(11-13)23-10-8-16(21-23)19(24)22-9-4-5-15(12-22)14(2)20;/h6-8,10-11,14-15H,4-5,9,12,20H2,1-3H3;1H. The fourth-order valence-electron chi connectivity index (χ4n) is 3.34. The minimum atomic E-state index is -0.0317. The van der Waals surface area contributed by atoms with Gasteiger partial charge in [-0.15, -0.1) is 12.4 Å². The van der Waals surface area contributed by atoms with Crippen LogP contribution in [0.25, 0.3) is 5.69 Å². The van der Waals surface area contributed by atoms with Gasteiger partial charge in [0.05, 0.1) is 7.11 Å². The topological polar surface area (TPSA) is 73.4 Å². The summed E-state index contributed by atoms with van der Waals surface area (Å²) in [5, 5.41) is 4.49. The molecule has 26 heavy (non-hydrogen) atoms. The monoisotopic (exact) mass is 378 g/mol. The summed E-state index contributed by atoms with van der Waals surface area (Å²) in [4.78, 5) is 14.7. The number of aromatic nitrogens is 2. The molecule has 6 nitrogen and oxygen atoms in total. The van der Waals surface area contributed by atoms with Crippen molar-refractivity contribution in [2.75, 3.05) is 20.2 Å². The van der Waals surface area contributed by atoms with Crippen molar-refractivity contribution in [2.24, 2.45) is 11.7 Å². The largest absolute Gasteiger partial charge is 0.494 e. The molecule has 1 aliphatic heterocycles. The van der Waals surface area contributed by atoms with Gasteiger partial charge in [-0.1, -0.05) is 6.07 Å². The zero-order chi connectivity index (χ0) is 18.0. The van der Waals surface area contributed by atoms with Crippen LogP contribution in [-0.2, 0) is 0 Å². The van der Waals surface area contributed by atoms with E-state index in [-0.39, 0.29) is 24.4 Å². The van der Waals surface area contributed by atoms with E-state index in [9.17, 15) is 4.79 Å². The van der Waals surface area contributed by atoms with Gasteiger partial charge in [0.1, 0.15) is 11.4 Å². The Morgan fingerprint density at radius 2 is 2.15 bits per heavy atom. The van der Waals surface area contributed by atoms with Crippen LogP contribution >= 0.6 is 12.4 Å². The molecule has 2 atom stereocenters. The number of likely N-dealkylation sites (tertiary alicyclic amines) is 1. The second-order valence-corrected chi connectivity index (χ2v) is 6.83. The molecule has 1 aliphatic rings. The molecule has 0 saturated carbocycles. The minimum absolute atomic E-state index is 0. The first kappa shape index (κ1) is 20.3. The molecule has 1 saturated heterocycles. The van der Waals surface area contributed by atoms with E-state index in [1.54, 1.807) is 24.1 Å². The lowest BCUT2D eigenvalue weighted by atomic mass is 9.92. The number of halogens is 1. The first-order valence-corrected chi connectivity index (χ1v) is 8.75. The molecule has 0 radical (unpaired) electrons. The van der Waals surface area contributed by atoms with Crippen LogP contribution in [0.5, 0.6) is 5.75 Å². The molecule has 0 aliphatic carbocycles. The third-order valence-electron chi connectivity index (χ3n) is 4.88. The number of carbonyl (C=O) groups is 1. The second-order valence-electron chi connectivity index (χ2n) is 6.83. The molecule has 1 amide bonds. The van der Waals surface area contributed by atoms with Gasteiger partial charge in [-0.2, -0.15) is 5.10 Å². The molecule has 3 rings (SSSR count). The van der Waals surface area contributed by atoms with Crippen LogP contribution in [0.1, 0.15) is 35.8 Å². The van der Waals surface area contributed by atoms with Crippen molar-refractivity contribution >= 4 is 18.3 Å². The van der Waals surface area contributed by atoms with Crippen LogP contribution in [0.2, 0.25) is 0 Å². The van der Waals surface area contributed by atoms with E-state index >= 15 is 0 Å². The van der Waals surface area contributed by atoms with Crippen molar-refractivity contribution in [2.45, 2.75) is 32.7 Å². The number of nitrogens with two attached hydrogens (primary N) is 1. The average Bonchev–Trinajstić information content (AvgIpc) is 3.11. The highest BCUT2D eigenvalue weighted by molar-refractivity contribution is 5.92. The van der Waals surface area contributed by atoms with Crippen LogP contribution in [-0.4, -0.2) is 46.8 Å². The number of carbonyl (C=O) groups excluding carboxylic acids is 1. The Kier molecular flexibility index (Phi) is 6.67.